The minimum Gasteiger partial charge on any atom is -0.483 e. The molecule has 0 bridgehead atoms. The molecule has 0 aromatic heterocycles. The fraction of sp³-hybridized carbons (Fsp3) is 0.517. The number of hydrogen-bond acceptors (Lipinski definition) is 3. The maximum atomic E-state index is 12.9. The number of rotatable bonds is 9. The lowest BCUT2D eigenvalue weighted by atomic mass is 9.80. The first-order chi connectivity index (χ1) is 15.9. The number of amides is 2. The molecule has 0 atom stereocenters. The van der Waals surface area contributed by atoms with E-state index in [1.54, 1.807) is 24.3 Å². The minimum atomic E-state index is -0.261. The zero-order chi connectivity index (χ0) is 25.5. The summed E-state index contributed by atoms with van der Waals surface area (Å²) in [6.07, 6.45) is 1.82. The van der Waals surface area contributed by atoms with Crippen LogP contribution in [0.1, 0.15) is 89.7 Å². The van der Waals surface area contributed by atoms with Crippen LogP contribution in [0.25, 0.3) is 0 Å². The normalized spacial score (nSPS) is 11.8. The lowest BCUT2D eigenvalue weighted by Gasteiger charge is -2.27. The molecule has 0 saturated carbocycles. The number of benzene rings is 2. The number of carbonyl (C=O) groups is 2. The van der Waals surface area contributed by atoms with Crippen molar-refractivity contribution in [3.63, 3.8) is 0 Å². The molecular weight excluding hydrogens is 424 g/mol. The highest BCUT2D eigenvalue weighted by Gasteiger charge is 2.23. The second kappa shape index (κ2) is 11.5. The SMILES string of the molecule is CCCN(CCC)C(=O)c1cccc(NC(=O)COc2ccc(C(C)(C)C)cc2C(C)(C)C)c1. The van der Waals surface area contributed by atoms with Crippen LogP contribution < -0.4 is 10.1 Å². The summed E-state index contributed by atoms with van der Waals surface area (Å²) in [5.74, 6) is 0.447. The molecule has 186 valence electrons. The van der Waals surface area contributed by atoms with Crippen LogP contribution in [0, 0.1) is 0 Å². The molecule has 0 fully saturated rings. The molecule has 2 amide bonds. The third-order valence-corrected chi connectivity index (χ3v) is 5.68. The first-order valence-electron chi connectivity index (χ1n) is 12.3. The van der Waals surface area contributed by atoms with Gasteiger partial charge in [0.25, 0.3) is 11.8 Å². The van der Waals surface area contributed by atoms with E-state index in [1.165, 1.54) is 5.56 Å². The van der Waals surface area contributed by atoms with Gasteiger partial charge < -0.3 is 15.0 Å². The molecule has 0 heterocycles. The molecule has 0 saturated heterocycles. The van der Waals surface area contributed by atoms with Crippen LogP contribution in [0.5, 0.6) is 5.75 Å². The second-order valence-electron chi connectivity index (χ2n) is 10.9. The van der Waals surface area contributed by atoms with Gasteiger partial charge in [-0.25, -0.2) is 0 Å². The monoisotopic (exact) mass is 466 g/mol. The molecule has 0 aliphatic carbocycles. The lowest BCUT2D eigenvalue weighted by Crippen LogP contribution is -2.32. The lowest BCUT2D eigenvalue weighted by molar-refractivity contribution is -0.118. The average molecular weight is 467 g/mol. The Morgan fingerprint density at radius 1 is 0.882 bits per heavy atom. The summed E-state index contributed by atoms with van der Waals surface area (Å²) in [4.78, 5) is 27.4. The third kappa shape index (κ3) is 7.61. The Bertz CT molecular complexity index is 978. The number of anilines is 1. The van der Waals surface area contributed by atoms with Gasteiger partial charge in [0.1, 0.15) is 5.75 Å². The molecule has 34 heavy (non-hydrogen) atoms. The summed E-state index contributed by atoms with van der Waals surface area (Å²) in [6.45, 7) is 18.5. The van der Waals surface area contributed by atoms with Gasteiger partial charge >= 0.3 is 0 Å². The van der Waals surface area contributed by atoms with Crippen molar-refractivity contribution in [3.05, 3.63) is 59.2 Å². The Hall–Kier alpha value is -2.82. The van der Waals surface area contributed by atoms with Crippen molar-refractivity contribution in [3.8, 4) is 5.75 Å². The Morgan fingerprint density at radius 3 is 2.09 bits per heavy atom. The molecular formula is C29H42N2O3. The zero-order valence-corrected chi connectivity index (χ0v) is 22.2. The molecule has 0 aliphatic heterocycles. The fourth-order valence-electron chi connectivity index (χ4n) is 3.82. The summed E-state index contributed by atoms with van der Waals surface area (Å²) in [7, 11) is 0. The average Bonchev–Trinajstić information content (AvgIpc) is 2.76. The predicted molar refractivity (Wildman–Crippen MR) is 141 cm³/mol. The van der Waals surface area contributed by atoms with Gasteiger partial charge in [-0.2, -0.15) is 0 Å². The smallest absolute Gasteiger partial charge is 0.262 e. The van der Waals surface area contributed by atoms with Crippen LogP contribution in [-0.2, 0) is 15.6 Å². The quantitative estimate of drug-likeness (QED) is 0.455. The molecule has 2 aromatic carbocycles. The standard InChI is InChI=1S/C29H42N2O3/c1-9-16-31(17-10-2)27(33)21-12-11-13-23(18-21)30-26(32)20-34-25-15-14-22(28(3,4)5)19-24(25)29(6,7)8/h11-15,18-19H,9-10,16-17,20H2,1-8H3,(H,30,32). The Labute approximate surface area is 205 Å². The summed E-state index contributed by atoms with van der Waals surface area (Å²) in [5, 5.41) is 2.87. The van der Waals surface area contributed by atoms with Crippen LogP contribution in [0.3, 0.4) is 0 Å². The zero-order valence-electron chi connectivity index (χ0n) is 22.2. The van der Waals surface area contributed by atoms with Crippen molar-refractivity contribution < 1.29 is 14.3 Å². The predicted octanol–water partition coefficient (Wildman–Crippen LogP) is 6.56. The summed E-state index contributed by atoms with van der Waals surface area (Å²) in [5.41, 5.74) is 3.38. The highest BCUT2D eigenvalue weighted by molar-refractivity contribution is 5.97. The van der Waals surface area contributed by atoms with E-state index in [9.17, 15) is 9.59 Å². The van der Waals surface area contributed by atoms with Crippen molar-refractivity contribution in [1.29, 1.82) is 0 Å². The Balaban J connectivity index is 2.11. The van der Waals surface area contributed by atoms with E-state index in [0.717, 1.165) is 31.5 Å². The van der Waals surface area contributed by atoms with Gasteiger partial charge in [0.2, 0.25) is 0 Å². The van der Waals surface area contributed by atoms with Crippen LogP contribution in [0.15, 0.2) is 42.5 Å². The molecule has 1 N–H and O–H groups in total. The van der Waals surface area contributed by atoms with Gasteiger partial charge in [0.05, 0.1) is 0 Å². The van der Waals surface area contributed by atoms with Crippen LogP contribution in [-0.4, -0.2) is 36.4 Å². The number of nitrogens with zero attached hydrogens (tertiary/aromatic N) is 1. The maximum Gasteiger partial charge on any atom is 0.262 e. The molecule has 0 aliphatic rings. The molecule has 0 spiro atoms. The van der Waals surface area contributed by atoms with E-state index >= 15 is 0 Å². The molecule has 2 aromatic rings. The Kier molecular flexibility index (Phi) is 9.31. The second-order valence-corrected chi connectivity index (χ2v) is 10.9. The van der Waals surface area contributed by atoms with E-state index in [2.05, 4.69) is 72.8 Å². The molecule has 5 heteroatoms. The van der Waals surface area contributed by atoms with Crippen molar-refractivity contribution in [2.24, 2.45) is 0 Å². The number of hydrogen-bond donors (Lipinski definition) is 1. The van der Waals surface area contributed by atoms with E-state index < -0.39 is 0 Å². The van der Waals surface area contributed by atoms with E-state index in [-0.39, 0.29) is 29.3 Å². The van der Waals surface area contributed by atoms with Crippen LogP contribution in [0.2, 0.25) is 0 Å². The molecule has 5 nitrogen and oxygen atoms in total. The van der Waals surface area contributed by atoms with Crippen molar-refractivity contribution in [2.75, 3.05) is 25.0 Å². The largest absolute Gasteiger partial charge is 0.483 e. The van der Waals surface area contributed by atoms with E-state index in [4.69, 9.17) is 4.74 Å². The molecule has 2 rings (SSSR count). The van der Waals surface area contributed by atoms with Gasteiger partial charge in [0.15, 0.2) is 6.61 Å². The topological polar surface area (TPSA) is 58.6 Å². The fourth-order valence-corrected chi connectivity index (χ4v) is 3.82. The van der Waals surface area contributed by atoms with Crippen LogP contribution in [0.4, 0.5) is 5.69 Å². The van der Waals surface area contributed by atoms with Gasteiger partial charge in [-0.15, -0.1) is 0 Å². The van der Waals surface area contributed by atoms with Gasteiger partial charge in [-0.3, -0.25) is 9.59 Å². The van der Waals surface area contributed by atoms with Crippen molar-refractivity contribution in [1.82, 2.24) is 4.90 Å². The first kappa shape index (κ1) is 27.4. The maximum absolute atomic E-state index is 12.9. The highest BCUT2D eigenvalue weighted by atomic mass is 16.5. The highest BCUT2D eigenvalue weighted by Crippen LogP contribution is 2.35. The van der Waals surface area contributed by atoms with Gasteiger partial charge in [0, 0.05) is 24.3 Å². The van der Waals surface area contributed by atoms with Crippen LogP contribution >= 0.6 is 0 Å². The summed E-state index contributed by atoms with van der Waals surface area (Å²) >= 11 is 0. The first-order valence-corrected chi connectivity index (χ1v) is 12.3. The van der Waals surface area contributed by atoms with Crippen molar-refractivity contribution in [2.45, 2.75) is 79.1 Å². The molecule has 0 radical (unpaired) electrons. The van der Waals surface area contributed by atoms with Gasteiger partial charge in [-0.1, -0.05) is 73.6 Å². The molecule has 0 unspecified atom stereocenters. The number of carbonyl (C=O) groups excluding carboxylic acids is 2. The number of nitrogens with one attached hydrogen (secondary N) is 1. The van der Waals surface area contributed by atoms with Gasteiger partial charge in [-0.05, 0) is 59.1 Å². The Morgan fingerprint density at radius 2 is 1.53 bits per heavy atom. The third-order valence-electron chi connectivity index (χ3n) is 5.68. The minimum absolute atomic E-state index is 0.00944. The van der Waals surface area contributed by atoms with E-state index in [1.807, 2.05) is 11.0 Å². The summed E-state index contributed by atoms with van der Waals surface area (Å²) < 4.78 is 5.96. The van der Waals surface area contributed by atoms with E-state index in [0.29, 0.717) is 17.0 Å². The van der Waals surface area contributed by atoms with Crippen molar-refractivity contribution >= 4 is 17.5 Å². The number of ether oxygens (including phenoxy) is 1. The summed E-state index contributed by atoms with van der Waals surface area (Å²) in [6, 6.07) is 13.3.